The van der Waals surface area contributed by atoms with E-state index in [0.717, 1.165) is 22.1 Å². The van der Waals surface area contributed by atoms with Crippen LogP contribution >= 0.6 is 11.8 Å². The third kappa shape index (κ3) is 5.32. The van der Waals surface area contributed by atoms with Crippen LogP contribution in [0.4, 0.5) is 23.7 Å². The summed E-state index contributed by atoms with van der Waals surface area (Å²) < 4.78 is 45.4. The van der Waals surface area contributed by atoms with Crippen molar-refractivity contribution in [1.29, 1.82) is 0 Å². The van der Waals surface area contributed by atoms with Crippen molar-refractivity contribution in [2.24, 2.45) is 0 Å². The van der Waals surface area contributed by atoms with Gasteiger partial charge in [-0.05, 0) is 67.1 Å². The number of hydrogen-bond acceptors (Lipinski definition) is 5. The number of rotatable bonds is 5. The van der Waals surface area contributed by atoms with Crippen molar-refractivity contribution < 1.29 is 32.0 Å². The first-order valence-corrected chi connectivity index (χ1v) is 11.2. The molecule has 0 saturated carbocycles. The van der Waals surface area contributed by atoms with E-state index >= 15 is 0 Å². The first kappa shape index (κ1) is 24.3. The zero-order valence-electron chi connectivity index (χ0n) is 18.6. The van der Waals surface area contributed by atoms with Crippen molar-refractivity contribution in [3.8, 4) is 11.3 Å². The fraction of sp³-hybridized carbons (Fsp3) is 0.160. The second-order valence-corrected chi connectivity index (χ2v) is 8.85. The Morgan fingerprint density at radius 2 is 1.80 bits per heavy atom. The van der Waals surface area contributed by atoms with Gasteiger partial charge in [-0.1, -0.05) is 24.3 Å². The molecule has 0 aliphatic carbocycles. The number of hydrogen-bond donors (Lipinski definition) is 1. The number of alkyl halides is 3. The monoisotopic (exact) mass is 500 g/mol. The van der Waals surface area contributed by atoms with Gasteiger partial charge in [0, 0.05) is 17.3 Å². The minimum atomic E-state index is -4.57. The maximum absolute atomic E-state index is 13.3. The molecule has 35 heavy (non-hydrogen) atoms. The van der Waals surface area contributed by atoms with Crippen LogP contribution in [0.15, 0.2) is 63.9 Å². The standard InChI is InChI=1S/C25H19F3N2O4S/c1-14-7-8-16(11-15(14)2)29-22(31)13-30-23(32)21(35-24(30)33)12-17-9-10-20(34-17)18-5-3-4-6-19(18)25(26,27)28/h3-12H,13H2,1-2H3,(H,29,31)/b21-12+. The highest BCUT2D eigenvalue weighted by molar-refractivity contribution is 8.18. The van der Waals surface area contributed by atoms with Crippen molar-refractivity contribution >= 4 is 40.6 Å². The van der Waals surface area contributed by atoms with Crippen LogP contribution in [0, 0.1) is 13.8 Å². The van der Waals surface area contributed by atoms with Crippen molar-refractivity contribution in [3.05, 3.63) is 82.0 Å². The number of furan rings is 1. The number of amides is 3. The Balaban J connectivity index is 1.48. The van der Waals surface area contributed by atoms with Gasteiger partial charge in [0.2, 0.25) is 5.91 Å². The van der Waals surface area contributed by atoms with Gasteiger partial charge in [0.1, 0.15) is 18.1 Å². The Kier molecular flexibility index (Phi) is 6.58. The van der Waals surface area contributed by atoms with E-state index in [9.17, 15) is 27.6 Å². The third-order valence-electron chi connectivity index (χ3n) is 5.36. The number of benzene rings is 2. The lowest BCUT2D eigenvalue weighted by atomic mass is 10.1. The minimum absolute atomic E-state index is 0.000938. The Morgan fingerprint density at radius 1 is 1.06 bits per heavy atom. The number of anilines is 1. The Bertz CT molecular complexity index is 1360. The second-order valence-electron chi connectivity index (χ2n) is 7.86. The van der Waals surface area contributed by atoms with Crippen LogP contribution in [0.1, 0.15) is 22.5 Å². The van der Waals surface area contributed by atoms with E-state index in [2.05, 4.69) is 5.32 Å². The molecule has 0 atom stereocenters. The molecule has 2 aromatic carbocycles. The smallest absolute Gasteiger partial charge is 0.417 e. The quantitative estimate of drug-likeness (QED) is 0.419. The molecule has 1 aliphatic rings. The molecule has 1 saturated heterocycles. The van der Waals surface area contributed by atoms with Gasteiger partial charge in [0.15, 0.2) is 0 Å². The fourth-order valence-electron chi connectivity index (χ4n) is 3.45. The van der Waals surface area contributed by atoms with E-state index in [-0.39, 0.29) is 22.0 Å². The highest BCUT2D eigenvalue weighted by atomic mass is 32.2. The summed E-state index contributed by atoms with van der Waals surface area (Å²) in [6, 6.07) is 13.1. The summed E-state index contributed by atoms with van der Waals surface area (Å²) in [7, 11) is 0. The molecule has 0 spiro atoms. The molecule has 4 rings (SSSR count). The molecule has 10 heteroatoms. The summed E-state index contributed by atoms with van der Waals surface area (Å²) in [6.45, 7) is 3.36. The van der Waals surface area contributed by atoms with Crippen molar-refractivity contribution in [1.82, 2.24) is 4.90 Å². The second kappa shape index (κ2) is 9.46. The molecule has 6 nitrogen and oxygen atoms in total. The maximum Gasteiger partial charge on any atom is 0.417 e. The Morgan fingerprint density at radius 3 is 2.51 bits per heavy atom. The predicted octanol–water partition coefficient (Wildman–Crippen LogP) is 6.26. The number of nitrogens with one attached hydrogen (secondary N) is 1. The molecule has 3 amide bonds. The molecular formula is C25H19F3N2O4S. The number of thioether (sulfide) groups is 1. The Labute approximate surface area is 202 Å². The third-order valence-corrected chi connectivity index (χ3v) is 6.27. The molecule has 180 valence electrons. The molecule has 2 heterocycles. The fourth-order valence-corrected chi connectivity index (χ4v) is 4.27. The number of imide groups is 1. The number of carbonyl (C=O) groups excluding carboxylic acids is 3. The minimum Gasteiger partial charge on any atom is -0.457 e. The summed E-state index contributed by atoms with van der Waals surface area (Å²) in [5, 5.41) is 2.02. The lowest BCUT2D eigenvalue weighted by Crippen LogP contribution is -2.36. The molecule has 0 unspecified atom stereocenters. The van der Waals surface area contributed by atoms with Gasteiger partial charge in [0.05, 0.1) is 10.5 Å². The zero-order valence-corrected chi connectivity index (χ0v) is 19.4. The summed E-state index contributed by atoms with van der Waals surface area (Å²) >= 11 is 0.620. The van der Waals surface area contributed by atoms with Crippen LogP contribution in [-0.2, 0) is 15.8 Å². The highest BCUT2D eigenvalue weighted by Crippen LogP contribution is 2.38. The molecule has 0 bridgehead atoms. The first-order chi connectivity index (χ1) is 16.5. The molecule has 1 N–H and O–H groups in total. The van der Waals surface area contributed by atoms with Gasteiger partial charge in [-0.15, -0.1) is 0 Å². The molecular weight excluding hydrogens is 481 g/mol. The van der Waals surface area contributed by atoms with Crippen molar-refractivity contribution in [2.75, 3.05) is 11.9 Å². The van der Waals surface area contributed by atoms with Crippen molar-refractivity contribution in [3.63, 3.8) is 0 Å². The summed E-state index contributed by atoms with van der Waals surface area (Å²) in [5.41, 5.74) is 1.59. The molecule has 3 aromatic rings. The lowest BCUT2D eigenvalue weighted by molar-refractivity contribution is -0.137. The van der Waals surface area contributed by atoms with E-state index < -0.39 is 35.3 Å². The predicted molar refractivity (Wildman–Crippen MR) is 126 cm³/mol. The topological polar surface area (TPSA) is 79.6 Å². The van der Waals surface area contributed by atoms with Crippen molar-refractivity contribution in [2.45, 2.75) is 20.0 Å². The first-order valence-electron chi connectivity index (χ1n) is 10.4. The van der Waals surface area contributed by atoms with Gasteiger partial charge in [-0.2, -0.15) is 13.2 Å². The van der Waals surface area contributed by atoms with E-state index in [4.69, 9.17) is 4.42 Å². The number of nitrogens with zero attached hydrogens (tertiary/aromatic N) is 1. The molecule has 1 aliphatic heterocycles. The average Bonchev–Trinajstić information content (AvgIpc) is 3.36. The zero-order chi connectivity index (χ0) is 25.3. The SMILES string of the molecule is Cc1ccc(NC(=O)CN2C(=O)S/C(=C/c3ccc(-c4ccccc4C(F)(F)F)o3)C2=O)cc1C. The van der Waals surface area contributed by atoms with E-state index in [1.54, 1.807) is 12.1 Å². The van der Waals surface area contributed by atoms with Crippen LogP contribution in [0.3, 0.4) is 0 Å². The summed E-state index contributed by atoms with van der Waals surface area (Å²) in [4.78, 5) is 38.3. The van der Waals surface area contributed by atoms with Crippen LogP contribution in [0.2, 0.25) is 0 Å². The van der Waals surface area contributed by atoms with Crippen LogP contribution in [-0.4, -0.2) is 28.5 Å². The maximum atomic E-state index is 13.3. The highest BCUT2D eigenvalue weighted by Gasteiger charge is 2.37. The van der Waals surface area contributed by atoms with E-state index in [1.165, 1.54) is 36.4 Å². The lowest BCUT2D eigenvalue weighted by Gasteiger charge is -2.13. The van der Waals surface area contributed by atoms with Crippen LogP contribution < -0.4 is 5.32 Å². The number of halogens is 3. The van der Waals surface area contributed by atoms with E-state index in [1.807, 2.05) is 19.9 Å². The normalized spacial score (nSPS) is 15.2. The number of carbonyl (C=O) groups is 3. The average molecular weight is 500 g/mol. The van der Waals surface area contributed by atoms with Crippen LogP contribution in [0.5, 0.6) is 0 Å². The molecule has 1 fully saturated rings. The van der Waals surface area contributed by atoms with Gasteiger partial charge in [-0.3, -0.25) is 19.3 Å². The summed E-state index contributed by atoms with van der Waals surface area (Å²) in [5.74, 6) is -1.16. The van der Waals surface area contributed by atoms with Gasteiger partial charge in [0.25, 0.3) is 11.1 Å². The molecule has 1 aromatic heterocycles. The largest absolute Gasteiger partial charge is 0.457 e. The Hall–Kier alpha value is -3.79. The molecule has 0 radical (unpaired) electrons. The van der Waals surface area contributed by atoms with Gasteiger partial charge in [-0.25, -0.2) is 0 Å². The number of aryl methyl sites for hydroxylation is 2. The van der Waals surface area contributed by atoms with Gasteiger partial charge >= 0.3 is 6.18 Å². The van der Waals surface area contributed by atoms with E-state index in [0.29, 0.717) is 17.4 Å². The van der Waals surface area contributed by atoms with Gasteiger partial charge < -0.3 is 9.73 Å². The summed E-state index contributed by atoms with van der Waals surface area (Å²) in [6.07, 6.45) is -3.30. The van der Waals surface area contributed by atoms with Crippen LogP contribution in [0.25, 0.3) is 17.4 Å².